The van der Waals surface area contributed by atoms with E-state index in [9.17, 15) is 14.0 Å². The monoisotopic (exact) mass is 332 g/mol. The van der Waals surface area contributed by atoms with Crippen molar-refractivity contribution >= 4 is 11.8 Å². The van der Waals surface area contributed by atoms with Gasteiger partial charge in [0.1, 0.15) is 5.82 Å². The molecule has 0 amide bonds. The Labute approximate surface area is 139 Å². The molecule has 126 valence electrons. The van der Waals surface area contributed by atoms with Crippen LogP contribution in [-0.4, -0.2) is 32.6 Å². The summed E-state index contributed by atoms with van der Waals surface area (Å²) >= 11 is 0. The lowest BCUT2D eigenvalue weighted by molar-refractivity contribution is -0.141. The number of methoxy groups -OCH3 is 2. The third kappa shape index (κ3) is 4.32. The van der Waals surface area contributed by atoms with Gasteiger partial charge >= 0.3 is 5.97 Å². The SMILES string of the molecule is COc1ccc(CC(=O)OCC(=O)c2ccccc2F)cc1OC. The Bertz CT molecular complexity index is 742. The van der Waals surface area contributed by atoms with Crippen LogP contribution in [0, 0.1) is 5.82 Å². The van der Waals surface area contributed by atoms with E-state index in [1.165, 1.54) is 32.4 Å². The van der Waals surface area contributed by atoms with E-state index in [-0.39, 0.29) is 12.0 Å². The van der Waals surface area contributed by atoms with Crippen LogP contribution in [0.2, 0.25) is 0 Å². The maximum atomic E-state index is 13.5. The first-order valence-electron chi connectivity index (χ1n) is 7.19. The van der Waals surface area contributed by atoms with Gasteiger partial charge in [-0.2, -0.15) is 0 Å². The Kier molecular flexibility index (Phi) is 5.89. The van der Waals surface area contributed by atoms with Crippen molar-refractivity contribution in [1.29, 1.82) is 0 Å². The van der Waals surface area contributed by atoms with E-state index in [2.05, 4.69) is 0 Å². The topological polar surface area (TPSA) is 61.8 Å². The fourth-order valence-electron chi connectivity index (χ4n) is 2.12. The van der Waals surface area contributed by atoms with Gasteiger partial charge in [0.15, 0.2) is 18.1 Å². The first kappa shape index (κ1) is 17.5. The lowest BCUT2D eigenvalue weighted by atomic mass is 10.1. The van der Waals surface area contributed by atoms with Gasteiger partial charge in [0.2, 0.25) is 5.78 Å². The Balaban J connectivity index is 1.94. The van der Waals surface area contributed by atoms with Crippen molar-refractivity contribution < 1.29 is 28.2 Å². The number of benzene rings is 2. The lowest BCUT2D eigenvalue weighted by Crippen LogP contribution is -2.16. The van der Waals surface area contributed by atoms with Gasteiger partial charge in [-0.05, 0) is 29.8 Å². The van der Waals surface area contributed by atoms with Crippen LogP contribution in [0.15, 0.2) is 42.5 Å². The van der Waals surface area contributed by atoms with E-state index in [1.807, 2.05) is 0 Å². The fraction of sp³-hybridized carbons (Fsp3) is 0.222. The van der Waals surface area contributed by atoms with Gasteiger partial charge < -0.3 is 14.2 Å². The summed E-state index contributed by atoms with van der Waals surface area (Å²) in [5.41, 5.74) is 0.549. The number of carbonyl (C=O) groups is 2. The first-order valence-corrected chi connectivity index (χ1v) is 7.19. The van der Waals surface area contributed by atoms with Crippen LogP contribution in [-0.2, 0) is 16.0 Å². The maximum absolute atomic E-state index is 13.5. The number of carbonyl (C=O) groups excluding carboxylic acids is 2. The van der Waals surface area contributed by atoms with Crippen molar-refractivity contribution in [3.05, 3.63) is 59.4 Å². The third-order valence-corrected chi connectivity index (χ3v) is 3.33. The molecular formula is C18H17FO5. The van der Waals surface area contributed by atoms with Crippen LogP contribution in [0.5, 0.6) is 11.5 Å². The fourth-order valence-corrected chi connectivity index (χ4v) is 2.12. The number of halogens is 1. The molecule has 2 rings (SSSR count). The van der Waals surface area contributed by atoms with Gasteiger partial charge in [-0.25, -0.2) is 4.39 Å². The Hall–Kier alpha value is -2.89. The van der Waals surface area contributed by atoms with E-state index >= 15 is 0 Å². The Morgan fingerprint density at radius 3 is 2.38 bits per heavy atom. The van der Waals surface area contributed by atoms with Crippen molar-refractivity contribution in [3.8, 4) is 11.5 Å². The molecule has 0 bridgehead atoms. The van der Waals surface area contributed by atoms with Crippen molar-refractivity contribution in [2.24, 2.45) is 0 Å². The number of rotatable bonds is 7. The van der Waals surface area contributed by atoms with E-state index in [4.69, 9.17) is 14.2 Å². The number of ketones is 1. The standard InChI is InChI=1S/C18H17FO5/c1-22-16-8-7-12(9-17(16)23-2)10-18(21)24-11-15(20)13-5-3-4-6-14(13)19/h3-9H,10-11H2,1-2H3. The second kappa shape index (κ2) is 8.10. The zero-order chi connectivity index (χ0) is 17.5. The molecule has 0 heterocycles. The molecule has 6 heteroatoms. The molecule has 2 aromatic rings. The summed E-state index contributed by atoms with van der Waals surface area (Å²) in [7, 11) is 3.01. The molecule has 0 N–H and O–H groups in total. The predicted octanol–water partition coefficient (Wildman–Crippen LogP) is 2.81. The van der Waals surface area contributed by atoms with E-state index in [0.29, 0.717) is 17.1 Å². The predicted molar refractivity (Wildman–Crippen MR) is 84.9 cm³/mol. The van der Waals surface area contributed by atoms with Crippen LogP contribution in [0.3, 0.4) is 0 Å². The maximum Gasteiger partial charge on any atom is 0.310 e. The average Bonchev–Trinajstić information content (AvgIpc) is 2.60. The second-order valence-electron chi connectivity index (χ2n) is 4.93. The van der Waals surface area contributed by atoms with Gasteiger partial charge in [0.25, 0.3) is 0 Å². The highest BCUT2D eigenvalue weighted by Crippen LogP contribution is 2.27. The quantitative estimate of drug-likeness (QED) is 0.576. The molecular weight excluding hydrogens is 315 g/mol. The number of hydrogen-bond acceptors (Lipinski definition) is 5. The minimum absolute atomic E-state index is 0.0368. The van der Waals surface area contributed by atoms with Crippen molar-refractivity contribution in [3.63, 3.8) is 0 Å². The molecule has 0 atom stereocenters. The van der Waals surface area contributed by atoms with Gasteiger partial charge in [-0.15, -0.1) is 0 Å². The Morgan fingerprint density at radius 1 is 1.00 bits per heavy atom. The normalized spacial score (nSPS) is 10.1. The summed E-state index contributed by atoms with van der Waals surface area (Å²) in [6, 6.07) is 10.6. The second-order valence-corrected chi connectivity index (χ2v) is 4.93. The summed E-state index contributed by atoms with van der Waals surface area (Å²) in [5.74, 6) is -0.784. The molecule has 0 aromatic heterocycles. The van der Waals surface area contributed by atoms with Crippen molar-refractivity contribution in [2.75, 3.05) is 20.8 Å². The van der Waals surface area contributed by atoms with Gasteiger partial charge in [-0.1, -0.05) is 18.2 Å². The minimum atomic E-state index is -0.640. The molecule has 0 aliphatic carbocycles. The molecule has 0 aliphatic rings. The van der Waals surface area contributed by atoms with Crippen LogP contribution < -0.4 is 9.47 Å². The number of ether oxygens (including phenoxy) is 3. The molecule has 24 heavy (non-hydrogen) atoms. The molecule has 0 saturated heterocycles. The number of Topliss-reactive ketones (excluding diaryl/α,β-unsaturated/α-hetero) is 1. The number of esters is 1. The van der Waals surface area contributed by atoms with Gasteiger partial charge in [-0.3, -0.25) is 9.59 Å². The van der Waals surface area contributed by atoms with Crippen LogP contribution in [0.25, 0.3) is 0 Å². The summed E-state index contributed by atoms with van der Waals surface area (Å²) in [4.78, 5) is 23.7. The Morgan fingerprint density at radius 2 is 1.71 bits per heavy atom. The first-order chi connectivity index (χ1) is 11.5. The summed E-state index contributed by atoms with van der Waals surface area (Å²) in [6.07, 6.45) is -0.0368. The molecule has 5 nitrogen and oxygen atoms in total. The van der Waals surface area contributed by atoms with Gasteiger partial charge in [0.05, 0.1) is 26.2 Å². The van der Waals surface area contributed by atoms with Gasteiger partial charge in [0, 0.05) is 0 Å². The van der Waals surface area contributed by atoms with E-state index < -0.39 is 24.2 Å². The summed E-state index contributed by atoms with van der Waals surface area (Å²) in [5, 5.41) is 0. The largest absolute Gasteiger partial charge is 0.493 e. The summed E-state index contributed by atoms with van der Waals surface area (Å²) < 4.78 is 28.7. The smallest absolute Gasteiger partial charge is 0.310 e. The molecule has 0 unspecified atom stereocenters. The van der Waals surface area contributed by atoms with Crippen LogP contribution >= 0.6 is 0 Å². The highest BCUT2D eigenvalue weighted by molar-refractivity contribution is 5.98. The zero-order valence-corrected chi connectivity index (χ0v) is 13.4. The third-order valence-electron chi connectivity index (χ3n) is 3.33. The van der Waals surface area contributed by atoms with E-state index in [0.717, 1.165) is 0 Å². The van der Waals surface area contributed by atoms with Crippen LogP contribution in [0.1, 0.15) is 15.9 Å². The highest BCUT2D eigenvalue weighted by atomic mass is 19.1. The summed E-state index contributed by atoms with van der Waals surface area (Å²) in [6.45, 7) is -0.507. The lowest BCUT2D eigenvalue weighted by Gasteiger charge is -2.09. The molecule has 2 aromatic carbocycles. The molecule has 0 radical (unpaired) electrons. The average molecular weight is 332 g/mol. The molecule has 0 aliphatic heterocycles. The van der Waals surface area contributed by atoms with E-state index in [1.54, 1.807) is 24.3 Å². The highest BCUT2D eigenvalue weighted by Gasteiger charge is 2.14. The molecule has 0 spiro atoms. The van der Waals surface area contributed by atoms with Crippen molar-refractivity contribution in [2.45, 2.75) is 6.42 Å². The zero-order valence-electron chi connectivity index (χ0n) is 13.4. The molecule has 0 saturated carbocycles. The molecule has 0 fully saturated rings. The van der Waals surface area contributed by atoms with Crippen molar-refractivity contribution in [1.82, 2.24) is 0 Å². The minimum Gasteiger partial charge on any atom is -0.493 e. The number of hydrogen-bond donors (Lipinski definition) is 0. The van der Waals surface area contributed by atoms with Crippen LogP contribution in [0.4, 0.5) is 4.39 Å².